The van der Waals surface area contributed by atoms with Gasteiger partial charge in [-0.3, -0.25) is 0 Å². The molecule has 4 heteroatoms. The molecule has 2 nitrogen and oxygen atoms in total. The van der Waals surface area contributed by atoms with Crippen molar-refractivity contribution in [3.63, 3.8) is 0 Å². The second-order valence-corrected chi connectivity index (χ2v) is 4.45. The quantitative estimate of drug-likeness (QED) is 0.668. The Bertz CT molecular complexity index is 301. The number of rotatable bonds is 4. The van der Waals surface area contributed by atoms with E-state index in [-0.39, 0.29) is 5.75 Å². The van der Waals surface area contributed by atoms with Gasteiger partial charge in [-0.15, -0.1) is 0 Å². The predicted octanol–water partition coefficient (Wildman–Crippen LogP) is 2.35. The van der Waals surface area contributed by atoms with Crippen molar-refractivity contribution in [3.05, 3.63) is 35.4 Å². The zero-order chi connectivity index (χ0) is 9.68. The maximum Gasteiger partial charge on any atom is 0.157 e. The van der Waals surface area contributed by atoms with Gasteiger partial charge < -0.3 is 4.55 Å². The monoisotopic (exact) mass is 262 g/mol. The summed E-state index contributed by atoms with van der Waals surface area (Å²) in [6.07, 6.45) is 0.950. The smallest absolute Gasteiger partial charge is 0.157 e. The molecule has 0 spiro atoms. The van der Waals surface area contributed by atoms with Gasteiger partial charge in [0.25, 0.3) is 0 Å². The highest BCUT2D eigenvalue weighted by atomic mass is 79.9. The molecule has 0 bridgehead atoms. The molecule has 0 aromatic heterocycles. The van der Waals surface area contributed by atoms with Crippen LogP contribution in [0.4, 0.5) is 0 Å². The Morgan fingerprint density at radius 1 is 1.38 bits per heavy atom. The van der Waals surface area contributed by atoms with Crippen LogP contribution >= 0.6 is 15.9 Å². The van der Waals surface area contributed by atoms with E-state index in [9.17, 15) is 4.21 Å². The molecule has 1 aromatic carbocycles. The molecule has 1 rings (SSSR count). The van der Waals surface area contributed by atoms with Crippen LogP contribution in [0.2, 0.25) is 0 Å². The van der Waals surface area contributed by atoms with Crippen molar-refractivity contribution < 1.29 is 8.76 Å². The highest BCUT2D eigenvalue weighted by Gasteiger charge is 1.98. The summed E-state index contributed by atoms with van der Waals surface area (Å²) in [7, 11) is 0. The lowest BCUT2D eigenvalue weighted by Gasteiger charge is -2.01. The Morgan fingerprint density at radius 2 is 2.08 bits per heavy atom. The van der Waals surface area contributed by atoms with Gasteiger partial charge in [0.2, 0.25) is 0 Å². The summed E-state index contributed by atoms with van der Waals surface area (Å²) >= 11 is 1.61. The van der Waals surface area contributed by atoms with E-state index in [0.29, 0.717) is 0 Å². The van der Waals surface area contributed by atoms with Gasteiger partial charge >= 0.3 is 0 Å². The Labute approximate surface area is 88.8 Å². The number of hydrogen-bond acceptors (Lipinski definition) is 1. The molecular weight excluding hydrogens is 252 g/mol. The average molecular weight is 263 g/mol. The van der Waals surface area contributed by atoms with Crippen LogP contribution in [-0.2, 0) is 23.3 Å². The number of halogens is 1. The van der Waals surface area contributed by atoms with E-state index in [1.54, 1.807) is 0 Å². The first-order chi connectivity index (χ1) is 6.22. The molecule has 0 radical (unpaired) electrons. The van der Waals surface area contributed by atoms with Crippen molar-refractivity contribution in [2.75, 3.05) is 5.33 Å². The van der Waals surface area contributed by atoms with Crippen LogP contribution in [0.5, 0.6) is 0 Å². The van der Waals surface area contributed by atoms with Gasteiger partial charge in [0, 0.05) is 5.33 Å². The molecule has 0 amide bonds. The minimum absolute atomic E-state index is 0.218. The summed E-state index contributed by atoms with van der Waals surface area (Å²) in [4.78, 5) is 0. The molecule has 0 aliphatic rings. The van der Waals surface area contributed by atoms with Gasteiger partial charge in [-0.05, 0) is 17.5 Å². The third-order valence-corrected chi connectivity index (χ3v) is 2.64. The summed E-state index contributed by atoms with van der Waals surface area (Å²) in [5.74, 6) is 0.218. The normalized spacial score (nSPS) is 12.8. The van der Waals surface area contributed by atoms with Gasteiger partial charge in [-0.2, -0.15) is 0 Å². The number of aryl methyl sites for hydroxylation is 1. The molecule has 0 aliphatic heterocycles. The van der Waals surface area contributed by atoms with Crippen LogP contribution in [0.15, 0.2) is 24.3 Å². The van der Waals surface area contributed by atoms with E-state index in [0.717, 1.165) is 17.3 Å². The second-order valence-electron chi connectivity index (χ2n) is 2.72. The predicted molar refractivity (Wildman–Crippen MR) is 58.4 cm³/mol. The topological polar surface area (TPSA) is 37.3 Å². The van der Waals surface area contributed by atoms with Gasteiger partial charge in [0.1, 0.15) is 0 Å². The molecule has 0 aliphatic carbocycles. The second kappa shape index (κ2) is 5.52. The summed E-state index contributed by atoms with van der Waals surface area (Å²) in [5, 5.41) is 0.915. The highest BCUT2D eigenvalue weighted by molar-refractivity contribution is 9.09. The van der Waals surface area contributed by atoms with Crippen molar-refractivity contribution in [1.82, 2.24) is 0 Å². The van der Waals surface area contributed by atoms with Crippen LogP contribution in [0.1, 0.15) is 11.1 Å². The van der Waals surface area contributed by atoms with E-state index in [2.05, 4.69) is 15.9 Å². The summed E-state index contributed by atoms with van der Waals surface area (Å²) in [6, 6.07) is 7.77. The zero-order valence-electron chi connectivity index (χ0n) is 7.07. The average Bonchev–Trinajstić information content (AvgIpc) is 2.04. The first-order valence-electron chi connectivity index (χ1n) is 3.93. The lowest BCUT2D eigenvalue weighted by molar-refractivity contribution is 0.563. The zero-order valence-corrected chi connectivity index (χ0v) is 9.47. The summed E-state index contributed by atoms with van der Waals surface area (Å²) in [6.45, 7) is 0. The van der Waals surface area contributed by atoms with Gasteiger partial charge in [0.15, 0.2) is 11.1 Å². The van der Waals surface area contributed by atoms with E-state index in [4.69, 9.17) is 4.55 Å². The van der Waals surface area contributed by atoms with E-state index in [1.807, 2.05) is 24.3 Å². The van der Waals surface area contributed by atoms with Gasteiger partial charge in [-0.25, -0.2) is 4.21 Å². The molecule has 72 valence electrons. The standard InChI is InChI=1S/C9H11BrO2S/c10-5-4-8-2-1-3-9(6-8)7-13(11)12/h1-3,6H,4-5,7H2,(H,11,12). The fraction of sp³-hybridized carbons (Fsp3) is 0.333. The SMILES string of the molecule is O=S(O)Cc1cccc(CCBr)c1. The van der Waals surface area contributed by atoms with E-state index < -0.39 is 11.1 Å². The molecule has 1 unspecified atom stereocenters. The molecule has 0 heterocycles. The minimum atomic E-state index is -1.74. The van der Waals surface area contributed by atoms with Crippen molar-refractivity contribution >= 4 is 27.0 Å². The van der Waals surface area contributed by atoms with Crippen LogP contribution in [0, 0.1) is 0 Å². The fourth-order valence-electron chi connectivity index (χ4n) is 1.13. The van der Waals surface area contributed by atoms with E-state index in [1.165, 1.54) is 5.56 Å². The minimum Gasteiger partial charge on any atom is -0.306 e. The van der Waals surface area contributed by atoms with Crippen molar-refractivity contribution in [3.8, 4) is 0 Å². The van der Waals surface area contributed by atoms with Crippen LogP contribution in [-0.4, -0.2) is 14.1 Å². The Kier molecular flexibility index (Phi) is 4.62. The molecule has 13 heavy (non-hydrogen) atoms. The van der Waals surface area contributed by atoms with Crippen molar-refractivity contribution in [1.29, 1.82) is 0 Å². The van der Waals surface area contributed by atoms with Gasteiger partial charge in [0.05, 0.1) is 5.75 Å². The Morgan fingerprint density at radius 3 is 2.69 bits per heavy atom. The molecule has 0 saturated carbocycles. The molecule has 0 saturated heterocycles. The third kappa shape index (κ3) is 4.02. The molecule has 0 fully saturated rings. The fourth-order valence-corrected chi connectivity index (χ4v) is 2.05. The number of alkyl halides is 1. The number of benzene rings is 1. The Balaban J connectivity index is 2.73. The van der Waals surface area contributed by atoms with Gasteiger partial charge in [-0.1, -0.05) is 40.2 Å². The largest absolute Gasteiger partial charge is 0.306 e. The Hall–Kier alpha value is -0.190. The maximum absolute atomic E-state index is 10.5. The highest BCUT2D eigenvalue weighted by Crippen LogP contribution is 2.08. The first-order valence-corrected chi connectivity index (χ1v) is 6.33. The first kappa shape index (κ1) is 10.9. The number of hydrogen-bond donors (Lipinski definition) is 1. The lowest BCUT2D eigenvalue weighted by atomic mass is 10.1. The molecule has 1 atom stereocenters. The molecular formula is C9H11BrO2S. The summed E-state index contributed by atoms with van der Waals surface area (Å²) < 4.78 is 19.2. The van der Waals surface area contributed by atoms with Crippen LogP contribution in [0.3, 0.4) is 0 Å². The summed E-state index contributed by atoms with van der Waals surface area (Å²) in [5.41, 5.74) is 2.11. The lowest BCUT2D eigenvalue weighted by Crippen LogP contribution is -1.94. The maximum atomic E-state index is 10.5. The van der Waals surface area contributed by atoms with Crippen molar-refractivity contribution in [2.45, 2.75) is 12.2 Å². The van der Waals surface area contributed by atoms with Crippen LogP contribution < -0.4 is 0 Å². The van der Waals surface area contributed by atoms with Crippen molar-refractivity contribution in [2.24, 2.45) is 0 Å². The molecule has 1 aromatic rings. The van der Waals surface area contributed by atoms with Crippen LogP contribution in [0.25, 0.3) is 0 Å². The third-order valence-electron chi connectivity index (χ3n) is 1.66. The molecule has 1 N–H and O–H groups in total. The van der Waals surface area contributed by atoms with E-state index >= 15 is 0 Å².